The van der Waals surface area contributed by atoms with E-state index in [2.05, 4.69) is 31.5 Å². The zero-order valence-electron chi connectivity index (χ0n) is 26.4. The number of halogens is 1. The van der Waals surface area contributed by atoms with Crippen LogP contribution in [0.3, 0.4) is 0 Å². The van der Waals surface area contributed by atoms with E-state index < -0.39 is 5.76 Å². The van der Waals surface area contributed by atoms with E-state index in [0.29, 0.717) is 47.0 Å². The van der Waals surface area contributed by atoms with Crippen LogP contribution in [0.25, 0.3) is 33.8 Å². The summed E-state index contributed by atoms with van der Waals surface area (Å²) in [4.78, 5) is 32.2. The monoisotopic (exact) mass is 655 g/mol. The number of morpholine rings is 1. The normalized spacial score (nSPS) is 22.9. The van der Waals surface area contributed by atoms with Gasteiger partial charge in [0.25, 0.3) is 0 Å². The lowest BCUT2D eigenvalue weighted by molar-refractivity contribution is 0.0247. The predicted octanol–water partition coefficient (Wildman–Crippen LogP) is 6.65. The van der Waals surface area contributed by atoms with Crippen LogP contribution in [0.15, 0.2) is 58.0 Å². The van der Waals surface area contributed by atoms with Crippen molar-refractivity contribution in [3.05, 3.63) is 69.8 Å². The number of ether oxygens (including phenoxy) is 2. The summed E-state index contributed by atoms with van der Waals surface area (Å²) in [6.45, 7) is 4.92. The average molecular weight is 656 g/mol. The number of hydrogen-bond donors (Lipinski definition) is 1. The Morgan fingerprint density at radius 2 is 1.91 bits per heavy atom. The van der Waals surface area contributed by atoms with Crippen molar-refractivity contribution in [3.8, 4) is 28.7 Å². The molecule has 1 saturated heterocycles. The summed E-state index contributed by atoms with van der Waals surface area (Å²) in [7, 11) is 0. The molecule has 2 atom stereocenters. The molecule has 12 heteroatoms. The summed E-state index contributed by atoms with van der Waals surface area (Å²) < 4.78 is 19.8. The average Bonchev–Trinajstić information content (AvgIpc) is 3.84. The van der Waals surface area contributed by atoms with Crippen molar-refractivity contribution in [2.75, 3.05) is 18.1 Å². The summed E-state index contributed by atoms with van der Waals surface area (Å²) in [5, 5.41) is 4.42. The lowest BCUT2D eigenvalue weighted by Crippen LogP contribution is -2.49. The van der Waals surface area contributed by atoms with E-state index in [9.17, 15) is 4.79 Å². The SMILES string of the molecule is C[C@H]1CC[C@H](Cn2c(N3CCO[C@@H]4CCC[C@H]43)nc3cc(-c4noc(=O)[nH]4)nc(-c4cc(Cl)cnc4OCc4ccccc4)c32)CC1. The van der Waals surface area contributed by atoms with Gasteiger partial charge in [-0.05, 0) is 61.6 Å². The Labute approximate surface area is 277 Å². The van der Waals surface area contributed by atoms with Crippen molar-refractivity contribution >= 4 is 28.6 Å². The Morgan fingerprint density at radius 1 is 1.06 bits per heavy atom. The summed E-state index contributed by atoms with van der Waals surface area (Å²) in [6.07, 6.45) is 9.84. The van der Waals surface area contributed by atoms with Gasteiger partial charge in [-0.15, -0.1) is 0 Å². The molecule has 0 bridgehead atoms. The minimum absolute atomic E-state index is 0.205. The molecule has 0 amide bonds. The number of pyridine rings is 2. The van der Waals surface area contributed by atoms with E-state index in [0.717, 1.165) is 60.8 Å². The zero-order chi connectivity index (χ0) is 31.9. The summed E-state index contributed by atoms with van der Waals surface area (Å²) in [5.41, 5.74) is 4.30. The number of anilines is 1. The topological polar surface area (TPSA) is 124 Å². The van der Waals surface area contributed by atoms with E-state index in [1.54, 1.807) is 6.20 Å². The van der Waals surface area contributed by atoms with Crippen molar-refractivity contribution in [2.24, 2.45) is 11.8 Å². The highest BCUT2D eigenvalue weighted by Gasteiger charge is 2.39. The van der Waals surface area contributed by atoms with Crippen LogP contribution in [0.1, 0.15) is 57.4 Å². The first-order valence-electron chi connectivity index (χ1n) is 16.7. The van der Waals surface area contributed by atoms with Crippen LogP contribution >= 0.6 is 11.6 Å². The Kier molecular flexibility index (Phi) is 8.18. The van der Waals surface area contributed by atoms with Gasteiger partial charge in [-0.25, -0.2) is 19.7 Å². The Bertz CT molecular complexity index is 1930. The van der Waals surface area contributed by atoms with Crippen molar-refractivity contribution in [1.82, 2.24) is 29.7 Å². The number of nitrogens with one attached hydrogen (secondary N) is 1. The van der Waals surface area contributed by atoms with Gasteiger partial charge >= 0.3 is 5.76 Å². The van der Waals surface area contributed by atoms with Crippen molar-refractivity contribution < 1.29 is 14.0 Å². The molecule has 3 fully saturated rings. The molecule has 8 rings (SSSR count). The number of benzene rings is 1. The lowest BCUT2D eigenvalue weighted by atomic mass is 9.83. The largest absolute Gasteiger partial charge is 0.472 e. The fourth-order valence-electron chi connectivity index (χ4n) is 7.57. The molecule has 4 aromatic heterocycles. The zero-order valence-corrected chi connectivity index (χ0v) is 27.2. The first-order valence-corrected chi connectivity index (χ1v) is 17.1. The van der Waals surface area contributed by atoms with Crippen LogP contribution in [0.4, 0.5) is 5.95 Å². The molecule has 47 heavy (non-hydrogen) atoms. The van der Waals surface area contributed by atoms with Crippen LogP contribution < -0.4 is 15.4 Å². The number of nitrogens with zero attached hydrogens (tertiary/aromatic N) is 6. The maximum atomic E-state index is 12.0. The molecule has 244 valence electrons. The first kappa shape index (κ1) is 30.1. The van der Waals surface area contributed by atoms with E-state index in [1.807, 2.05) is 42.5 Å². The third-order valence-electron chi connectivity index (χ3n) is 9.99. The van der Waals surface area contributed by atoms with Gasteiger partial charge in [0.1, 0.15) is 18.0 Å². The van der Waals surface area contributed by atoms with Crippen LogP contribution in [0, 0.1) is 11.8 Å². The van der Waals surface area contributed by atoms with Gasteiger partial charge < -0.3 is 18.9 Å². The minimum atomic E-state index is -0.655. The van der Waals surface area contributed by atoms with Crippen LogP contribution in [0.2, 0.25) is 5.02 Å². The molecular formula is C35H38ClN7O4. The second kappa shape index (κ2) is 12.8. The Hall–Kier alpha value is -4.22. The molecule has 3 aliphatic rings. The molecular weight excluding hydrogens is 618 g/mol. The van der Waals surface area contributed by atoms with E-state index in [4.69, 9.17) is 35.6 Å². The minimum Gasteiger partial charge on any atom is -0.472 e. The van der Waals surface area contributed by atoms with Gasteiger partial charge in [0.2, 0.25) is 17.7 Å². The van der Waals surface area contributed by atoms with E-state index >= 15 is 0 Å². The number of imidazole rings is 1. The van der Waals surface area contributed by atoms with Gasteiger partial charge in [0.15, 0.2) is 0 Å². The Balaban J connectivity index is 1.33. The molecule has 2 aliphatic carbocycles. The van der Waals surface area contributed by atoms with Crippen LogP contribution in [0.5, 0.6) is 5.88 Å². The van der Waals surface area contributed by atoms with Crippen molar-refractivity contribution in [3.63, 3.8) is 0 Å². The molecule has 1 N–H and O–H groups in total. The van der Waals surface area contributed by atoms with Gasteiger partial charge in [-0.3, -0.25) is 9.51 Å². The molecule has 5 heterocycles. The quantitative estimate of drug-likeness (QED) is 0.196. The maximum absolute atomic E-state index is 12.0. The van der Waals surface area contributed by atoms with Crippen molar-refractivity contribution in [2.45, 2.75) is 77.2 Å². The highest BCUT2D eigenvalue weighted by molar-refractivity contribution is 6.30. The van der Waals surface area contributed by atoms with E-state index in [-0.39, 0.29) is 18.0 Å². The molecule has 5 aromatic rings. The molecule has 0 unspecified atom stereocenters. The van der Waals surface area contributed by atoms with E-state index in [1.165, 1.54) is 25.7 Å². The first-order chi connectivity index (χ1) is 23.0. The summed E-state index contributed by atoms with van der Waals surface area (Å²) in [6, 6.07) is 14.0. The number of hydrogen-bond acceptors (Lipinski definition) is 9. The van der Waals surface area contributed by atoms with Gasteiger partial charge in [0.05, 0.1) is 40.4 Å². The predicted molar refractivity (Wildman–Crippen MR) is 179 cm³/mol. The molecule has 11 nitrogen and oxygen atoms in total. The Morgan fingerprint density at radius 3 is 2.72 bits per heavy atom. The van der Waals surface area contributed by atoms with Gasteiger partial charge in [-0.2, -0.15) is 0 Å². The molecule has 0 radical (unpaired) electrons. The second-order valence-corrected chi connectivity index (χ2v) is 13.6. The lowest BCUT2D eigenvalue weighted by Gasteiger charge is -2.39. The van der Waals surface area contributed by atoms with Crippen molar-refractivity contribution in [1.29, 1.82) is 0 Å². The number of aromatic amines is 1. The standard InChI is InChI=1S/C35H38ClN7O4/c1-21-10-12-22(13-11-21)19-43-31-26(39-34(43)42-14-15-45-29-9-5-8-28(29)42)17-27(32-40-35(44)47-41-32)38-30(31)25-16-24(36)18-37-33(25)46-20-23-6-3-2-4-7-23/h2-4,6-7,16-18,21-22,28-29H,5,8-15,19-20H2,1H3,(H,40,41,44)/t21-,22-,28-,29-/m1/s1. The van der Waals surface area contributed by atoms with Gasteiger partial charge in [-0.1, -0.05) is 66.9 Å². The second-order valence-electron chi connectivity index (χ2n) is 13.2. The summed E-state index contributed by atoms with van der Waals surface area (Å²) in [5.74, 6) is 2.15. The molecule has 1 aromatic carbocycles. The number of H-pyrrole nitrogens is 1. The highest BCUT2D eigenvalue weighted by Crippen LogP contribution is 2.41. The van der Waals surface area contributed by atoms with Gasteiger partial charge in [0, 0.05) is 19.3 Å². The van der Waals surface area contributed by atoms with Crippen LogP contribution in [-0.4, -0.2) is 55.0 Å². The third-order valence-corrected chi connectivity index (χ3v) is 10.2. The van der Waals surface area contributed by atoms with Crippen LogP contribution in [-0.2, 0) is 17.9 Å². The number of rotatable bonds is 8. The highest BCUT2D eigenvalue weighted by atomic mass is 35.5. The molecule has 0 spiro atoms. The number of aromatic nitrogens is 6. The fraction of sp³-hybridized carbons (Fsp3) is 0.457. The fourth-order valence-corrected chi connectivity index (χ4v) is 7.72. The number of fused-ring (bicyclic) bond motifs is 2. The third kappa shape index (κ3) is 6.02. The molecule has 1 aliphatic heterocycles. The molecule has 2 saturated carbocycles. The smallest absolute Gasteiger partial charge is 0.439 e. The summed E-state index contributed by atoms with van der Waals surface area (Å²) >= 11 is 6.63. The maximum Gasteiger partial charge on any atom is 0.439 e.